The molecule has 90 valence electrons. The normalized spacial score (nSPS) is 9.83. The van der Waals surface area contributed by atoms with Crippen LogP contribution in [-0.4, -0.2) is 0 Å². The van der Waals surface area contributed by atoms with Crippen LogP contribution in [0.2, 0.25) is 10.0 Å². The molecule has 2 rings (SSSR count). The van der Waals surface area contributed by atoms with Crippen LogP contribution in [-0.2, 0) is 6.42 Å². The third-order valence-corrected chi connectivity index (χ3v) is 3.14. The summed E-state index contributed by atoms with van der Waals surface area (Å²) in [6.07, 6.45) is 0.339. The van der Waals surface area contributed by atoms with Crippen molar-refractivity contribution in [2.75, 3.05) is 5.32 Å². The number of halogens is 2. The number of benzene rings is 2. The van der Waals surface area contributed by atoms with Gasteiger partial charge < -0.3 is 5.32 Å². The highest BCUT2D eigenvalue weighted by Gasteiger charge is 2.07. The molecular formula is C14H10Cl2N2. The minimum atomic E-state index is 0.339. The lowest BCUT2D eigenvalue weighted by atomic mass is 10.1. The van der Waals surface area contributed by atoms with E-state index in [0.717, 1.165) is 11.3 Å². The van der Waals surface area contributed by atoms with Crippen LogP contribution in [0, 0.1) is 11.3 Å². The molecule has 2 nitrogen and oxygen atoms in total. The zero-order valence-electron chi connectivity index (χ0n) is 9.45. The molecule has 0 spiro atoms. The molecule has 2 aromatic carbocycles. The molecular weight excluding hydrogens is 267 g/mol. The van der Waals surface area contributed by atoms with Gasteiger partial charge in [-0.25, -0.2) is 0 Å². The maximum atomic E-state index is 8.79. The number of para-hydroxylation sites is 2. The summed E-state index contributed by atoms with van der Waals surface area (Å²) in [4.78, 5) is 0. The quantitative estimate of drug-likeness (QED) is 0.874. The van der Waals surface area contributed by atoms with Gasteiger partial charge in [-0.15, -0.1) is 0 Å². The van der Waals surface area contributed by atoms with Crippen LogP contribution in [0.15, 0.2) is 42.5 Å². The lowest BCUT2D eigenvalue weighted by molar-refractivity contribution is 1.26. The van der Waals surface area contributed by atoms with Gasteiger partial charge >= 0.3 is 0 Å². The highest BCUT2D eigenvalue weighted by Crippen LogP contribution is 2.33. The zero-order valence-corrected chi connectivity index (χ0v) is 11.0. The van der Waals surface area contributed by atoms with Gasteiger partial charge in [-0.2, -0.15) is 5.26 Å². The van der Waals surface area contributed by atoms with Gasteiger partial charge in [0.2, 0.25) is 0 Å². The molecule has 0 atom stereocenters. The van der Waals surface area contributed by atoms with Gasteiger partial charge in [0.05, 0.1) is 28.2 Å². The van der Waals surface area contributed by atoms with Crippen molar-refractivity contribution in [2.45, 2.75) is 6.42 Å². The smallest absolute Gasteiger partial charge is 0.0763 e. The molecule has 2 aromatic rings. The first-order chi connectivity index (χ1) is 8.72. The van der Waals surface area contributed by atoms with Gasteiger partial charge in [-0.1, -0.05) is 47.5 Å². The summed E-state index contributed by atoms with van der Waals surface area (Å²) < 4.78 is 0. The van der Waals surface area contributed by atoms with E-state index in [1.807, 2.05) is 24.3 Å². The number of nitrogens with one attached hydrogen (secondary N) is 1. The van der Waals surface area contributed by atoms with E-state index in [2.05, 4.69) is 11.4 Å². The van der Waals surface area contributed by atoms with Crippen molar-refractivity contribution in [1.29, 1.82) is 5.26 Å². The number of nitrogens with zero attached hydrogens (tertiary/aromatic N) is 1. The number of anilines is 2. The van der Waals surface area contributed by atoms with E-state index in [1.54, 1.807) is 18.2 Å². The van der Waals surface area contributed by atoms with Crippen LogP contribution >= 0.6 is 23.2 Å². The number of rotatable bonds is 3. The molecule has 0 aliphatic rings. The monoisotopic (exact) mass is 276 g/mol. The maximum absolute atomic E-state index is 8.79. The van der Waals surface area contributed by atoms with E-state index in [9.17, 15) is 0 Å². The Bertz CT molecular complexity index is 583. The molecule has 1 N–H and O–H groups in total. The van der Waals surface area contributed by atoms with Crippen molar-refractivity contribution in [3.8, 4) is 6.07 Å². The lowest BCUT2D eigenvalue weighted by Crippen LogP contribution is -1.96. The molecule has 0 aromatic heterocycles. The van der Waals surface area contributed by atoms with E-state index in [1.165, 1.54) is 0 Å². The third kappa shape index (κ3) is 2.76. The van der Waals surface area contributed by atoms with Crippen molar-refractivity contribution in [3.63, 3.8) is 0 Å². The second-order valence-electron chi connectivity index (χ2n) is 3.71. The topological polar surface area (TPSA) is 35.8 Å². The minimum Gasteiger partial charge on any atom is -0.353 e. The Morgan fingerprint density at radius 3 is 2.33 bits per heavy atom. The first-order valence-electron chi connectivity index (χ1n) is 5.38. The molecule has 0 bridgehead atoms. The molecule has 0 aliphatic carbocycles. The minimum absolute atomic E-state index is 0.339. The Balaban J connectivity index is 2.38. The molecule has 0 saturated carbocycles. The number of hydrogen-bond donors (Lipinski definition) is 1. The molecule has 18 heavy (non-hydrogen) atoms. The molecule has 0 unspecified atom stereocenters. The molecule has 0 saturated heterocycles. The van der Waals surface area contributed by atoms with Crippen molar-refractivity contribution < 1.29 is 0 Å². The molecule has 0 amide bonds. The number of hydrogen-bond acceptors (Lipinski definition) is 2. The predicted molar refractivity (Wildman–Crippen MR) is 75.5 cm³/mol. The first kappa shape index (κ1) is 12.8. The molecule has 0 aliphatic heterocycles. The van der Waals surface area contributed by atoms with Gasteiger partial charge in [-0.3, -0.25) is 0 Å². The van der Waals surface area contributed by atoms with Crippen LogP contribution < -0.4 is 5.32 Å². The molecule has 0 radical (unpaired) electrons. The van der Waals surface area contributed by atoms with Crippen LogP contribution in [0.4, 0.5) is 11.4 Å². The van der Waals surface area contributed by atoms with Gasteiger partial charge in [0.15, 0.2) is 0 Å². The van der Waals surface area contributed by atoms with Crippen LogP contribution in [0.25, 0.3) is 0 Å². The summed E-state index contributed by atoms with van der Waals surface area (Å²) in [5.41, 5.74) is 2.41. The predicted octanol–water partition coefficient (Wildman–Crippen LogP) is 4.80. The van der Waals surface area contributed by atoms with E-state index in [-0.39, 0.29) is 0 Å². The largest absolute Gasteiger partial charge is 0.353 e. The Kier molecular flexibility index (Phi) is 4.09. The molecule has 0 fully saturated rings. The molecule has 4 heteroatoms. The summed E-state index contributed by atoms with van der Waals surface area (Å²) >= 11 is 12.2. The number of nitriles is 1. The van der Waals surface area contributed by atoms with E-state index in [0.29, 0.717) is 22.2 Å². The highest BCUT2D eigenvalue weighted by atomic mass is 35.5. The van der Waals surface area contributed by atoms with Crippen molar-refractivity contribution in [1.82, 2.24) is 0 Å². The second kappa shape index (κ2) is 5.77. The van der Waals surface area contributed by atoms with E-state index < -0.39 is 0 Å². The Morgan fingerprint density at radius 1 is 1.00 bits per heavy atom. The van der Waals surface area contributed by atoms with Gasteiger partial charge in [0, 0.05) is 5.69 Å². The average molecular weight is 277 g/mol. The van der Waals surface area contributed by atoms with Crippen molar-refractivity contribution >= 4 is 34.6 Å². The summed E-state index contributed by atoms with van der Waals surface area (Å²) in [7, 11) is 0. The fourth-order valence-corrected chi connectivity index (χ4v) is 2.13. The fraction of sp³-hybridized carbons (Fsp3) is 0.0714. The summed E-state index contributed by atoms with van der Waals surface area (Å²) in [6.45, 7) is 0. The van der Waals surface area contributed by atoms with E-state index >= 15 is 0 Å². The van der Waals surface area contributed by atoms with Crippen LogP contribution in [0.3, 0.4) is 0 Å². The SMILES string of the molecule is N#CCc1ccccc1Nc1c(Cl)cccc1Cl. The maximum Gasteiger partial charge on any atom is 0.0763 e. The standard InChI is InChI=1S/C14H10Cl2N2/c15-11-5-3-6-12(16)14(11)18-13-7-2-1-4-10(13)8-9-17/h1-7,18H,8H2. The van der Waals surface area contributed by atoms with E-state index in [4.69, 9.17) is 28.5 Å². The van der Waals surface area contributed by atoms with Gasteiger partial charge in [-0.05, 0) is 23.8 Å². The summed E-state index contributed by atoms with van der Waals surface area (Å²) in [6, 6.07) is 15.0. The summed E-state index contributed by atoms with van der Waals surface area (Å²) in [5, 5.41) is 13.1. The Morgan fingerprint density at radius 2 is 1.67 bits per heavy atom. The lowest BCUT2D eigenvalue weighted by Gasteiger charge is -2.12. The van der Waals surface area contributed by atoms with Gasteiger partial charge in [0.25, 0.3) is 0 Å². The fourth-order valence-electron chi connectivity index (χ4n) is 1.63. The molecule has 0 heterocycles. The van der Waals surface area contributed by atoms with Gasteiger partial charge in [0.1, 0.15) is 0 Å². The first-order valence-corrected chi connectivity index (χ1v) is 6.14. The van der Waals surface area contributed by atoms with Crippen molar-refractivity contribution in [2.24, 2.45) is 0 Å². The Labute approximate surface area is 116 Å². The average Bonchev–Trinajstić information content (AvgIpc) is 2.36. The van der Waals surface area contributed by atoms with Crippen molar-refractivity contribution in [3.05, 3.63) is 58.1 Å². The highest BCUT2D eigenvalue weighted by molar-refractivity contribution is 6.39. The second-order valence-corrected chi connectivity index (χ2v) is 4.53. The Hall–Kier alpha value is -1.69. The third-order valence-electron chi connectivity index (χ3n) is 2.51. The zero-order chi connectivity index (χ0) is 13.0. The van der Waals surface area contributed by atoms with Crippen LogP contribution in [0.1, 0.15) is 5.56 Å². The summed E-state index contributed by atoms with van der Waals surface area (Å²) in [5.74, 6) is 0. The van der Waals surface area contributed by atoms with Crippen LogP contribution in [0.5, 0.6) is 0 Å².